The zero-order valence-corrected chi connectivity index (χ0v) is 18.2. The maximum atomic E-state index is 10.7. The van der Waals surface area contributed by atoms with Crippen LogP contribution < -0.4 is 5.32 Å². The van der Waals surface area contributed by atoms with E-state index in [0.717, 1.165) is 29.2 Å². The van der Waals surface area contributed by atoms with Crippen molar-refractivity contribution in [2.45, 2.75) is 52.8 Å². The van der Waals surface area contributed by atoms with Crippen molar-refractivity contribution in [3.63, 3.8) is 0 Å². The Labute approximate surface area is 177 Å². The van der Waals surface area contributed by atoms with Crippen molar-refractivity contribution in [2.24, 2.45) is 0 Å². The second-order valence-corrected chi connectivity index (χ2v) is 8.25. The number of anilines is 1. The summed E-state index contributed by atoms with van der Waals surface area (Å²) in [5.41, 5.74) is 7.20. The molecule has 3 rings (SSSR count). The zero-order chi connectivity index (χ0) is 21.1. The van der Waals surface area contributed by atoms with E-state index in [-0.39, 0.29) is 12.1 Å². The Hall–Kier alpha value is -2.24. The van der Waals surface area contributed by atoms with Gasteiger partial charge in [-0.3, -0.25) is 4.90 Å². The fraction of sp³-hybridized carbons (Fsp3) is 0.435. The lowest BCUT2D eigenvalue weighted by molar-refractivity contribution is -0.0364. The third-order valence-corrected chi connectivity index (χ3v) is 6.15. The average molecular weight is 417 g/mol. The van der Waals surface area contributed by atoms with Gasteiger partial charge in [-0.1, -0.05) is 36.7 Å². The molecule has 2 aromatic carbocycles. The summed E-state index contributed by atoms with van der Waals surface area (Å²) in [6, 6.07) is 10.7. The molecule has 0 spiro atoms. The van der Waals surface area contributed by atoms with E-state index >= 15 is 0 Å². The van der Waals surface area contributed by atoms with Gasteiger partial charge in [0.15, 0.2) is 0 Å². The van der Waals surface area contributed by atoms with Gasteiger partial charge in [-0.15, -0.1) is 0 Å². The summed E-state index contributed by atoms with van der Waals surface area (Å²) in [5.74, 6) is 0. The summed E-state index contributed by atoms with van der Waals surface area (Å²) in [7, 11) is 0. The molecule has 1 saturated heterocycles. The molecule has 0 saturated carbocycles. The van der Waals surface area contributed by atoms with Crippen LogP contribution in [0.4, 0.5) is 10.5 Å². The molecule has 0 bridgehead atoms. The lowest BCUT2D eigenvalue weighted by Crippen LogP contribution is -2.52. The van der Waals surface area contributed by atoms with Crippen LogP contribution in [0.25, 0.3) is 0 Å². The SMILES string of the molecule is CC[C@@H](Nc1ccc(C)c(CN2CC(OC(=O)O)C2)c1C)c1ccc(Cl)c(C)c1. The molecule has 29 heavy (non-hydrogen) atoms. The van der Waals surface area contributed by atoms with E-state index in [1.165, 1.54) is 22.3 Å². The number of hydrogen-bond acceptors (Lipinski definition) is 4. The number of likely N-dealkylation sites (tertiary alicyclic amines) is 1. The number of aryl methyl sites for hydroxylation is 2. The molecule has 1 aliphatic heterocycles. The molecule has 0 amide bonds. The number of ether oxygens (including phenoxy) is 1. The first kappa shape index (κ1) is 21.5. The predicted molar refractivity (Wildman–Crippen MR) is 117 cm³/mol. The average Bonchev–Trinajstić information content (AvgIpc) is 2.64. The summed E-state index contributed by atoms with van der Waals surface area (Å²) in [6.07, 6.45) is -0.451. The summed E-state index contributed by atoms with van der Waals surface area (Å²) >= 11 is 6.19. The molecule has 1 heterocycles. The maximum Gasteiger partial charge on any atom is 0.506 e. The van der Waals surface area contributed by atoms with Crippen LogP contribution in [0.3, 0.4) is 0 Å². The Kier molecular flexibility index (Phi) is 6.70. The van der Waals surface area contributed by atoms with Gasteiger partial charge < -0.3 is 15.2 Å². The van der Waals surface area contributed by atoms with Crippen molar-refractivity contribution in [3.8, 4) is 0 Å². The van der Waals surface area contributed by atoms with Gasteiger partial charge in [-0.2, -0.15) is 0 Å². The van der Waals surface area contributed by atoms with Crippen molar-refractivity contribution in [2.75, 3.05) is 18.4 Å². The number of halogens is 1. The van der Waals surface area contributed by atoms with Crippen LogP contribution >= 0.6 is 11.6 Å². The largest absolute Gasteiger partial charge is 0.506 e. The molecule has 5 nitrogen and oxygen atoms in total. The number of hydrogen-bond donors (Lipinski definition) is 2. The second-order valence-electron chi connectivity index (χ2n) is 7.85. The number of carbonyl (C=O) groups is 1. The van der Waals surface area contributed by atoms with Crippen molar-refractivity contribution in [1.82, 2.24) is 4.90 Å². The molecular formula is C23H29ClN2O3. The van der Waals surface area contributed by atoms with Gasteiger partial charge in [0.2, 0.25) is 0 Å². The molecule has 2 aromatic rings. The van der Waals surface area contributed by atoms with Crippen LogP contribution in [-0.4, -0.2) is 35.4 Å². The minimum atomic E-state index is -1.20. The Bertz CT molecular complexity index is 894. The molecule has 0 aliphatic carbocycles. The third-order valence-electron chi connectivity index (χ3n) is 5.73. The van der Waals surface area contributed by atoms with E-state index in [1.54, 1.807) is 0 Å². The van der Waals surface area contributed by atoms with E-state index in [4.69, 9.17) is 21.4 Å². The minimum Gasteiger partial charge on any atom is -0.450 e. The Morgan fingerprint density at radius 3 is 2.59 bits per heavy atom. The number of carboxylic acid groups (broad SMARTS) is 1. The normalized spacial score (nSPS) is 15.6. The topological polar surface area (TPSA) is 61.8 Å². The third kappa shape index (κ3) is 5.03. The molecule has 2 N–H and O–H groups in total. The second kappa shape index (κ2) is 9.06. The number of benzene rings is 2. The molecule has 1 fully saturated rings. The Balaban J connectivity index is 1.74. The van der Waals surface area contributed by atoms with E-state index in [1.807, 2.05) is 13.0 Å². The zero-order valence-electron chi connectivity index (χ0n) is 17.5. The lowest BCUT2D eigenvalue weighted by atomic mass is 9.97. The summed E-state index contributed by atoms with van der Waals surface area (Å²) in [4.78, 5) is 12.9. The molecule has 6 heteroatoms. The molecule has 156 valence electrons. The highest BCUT2D eigenvalue weighted by molar-refractivity contribution is 6.31. The fourth-order valence-electron chi connectivity index (χ4n) is 3.88. The highest BCUT2D eigenvalue weighted by Gasteiger charge is 2.30. The number of rotatable bonds is 7. The number of nitrogens with one attached hydrogen (secondary N) is 1. The summed E-state index contributed by atoms with van der Waals surface area (Å²) in [6.45, 7) is 10.6. The molecular weight excluding hydrogens is 388 g/mol. The van der Waals surface area contributed by atoms with Gasteiger partial charge >= 0.3 is 6.16 Å². The lowest BCUT2D eigenvalue weighted by Gasteiger charge is -2.38. The van der Waals surface area contributed by atoms with Crippen molar-refractivity contribution >= 4 is 23.4 Å². The highest BCUT2D eigenvalue weighted by Crippen LogP contribution is 2.31. The maximum absolute atomic E-state index is 10.7. The van der Waals surface area contributed by atoms with E-state index in [2.05, 4.69) is 55.3 Å². The van der Waals surface area contributed by atoms with Gasteiger partial charge in [0.1, 0.15) is 6.10 Å². The molecule has 1 aliphatic rings. The minimum absolute atomic E-state index is 0.206. The summed E-state index contributed by atoms with van der Waals surface area (Å²) in [5, 5.41) is 13.2. The first-order chi connectivity index (χ1) is 13.8. The van der Waals surface area contributed by atoms with Crippen LogP contribution in [-0.2, 0) is 11.3 Å². The quantitative estimate of drug-likeness (QED) is 0.566. The van der Waals surface area contributed by atoms with Crippen molar-refractivity contribution < 1.29 is 14.6 Å². The molecule has 0 unspecified atom stereocenters. The molecule has 0 aromatic heterocycles. The van der Waals surface area contributed by atoms with Crippen LogP contribution in [0.1, 0.15) is 47.2 Å². The van der Waals surface area contributed by atoms with Gasteiger partial charge in [-0.05, 0) is 67.1 Å². The Morgan fingerprint density at radius 1 is 1.24 bits per heavy atom. The Morgan fingerprint density at radius 2 is 1.97 bits per heavy atom. The smallest absolute Gasteiger partial charge is 0.450 e. The first-order valence-corrected chi connectivity index (χ1v) is 10.4. The standard InChI is InChI=1S/C23H29ClN2O3/c1-5-21(17-7-8-20(24)15(3)10-17)25-22-9-6-14(2)19(16(22)4)13-26-11-18(12-26)29-23(27)28/h6-10,18,21,25H,5,11-13H2,1-4H3,(H,27,28)/t21-/m1/s1. The van der Waals surface area contributed by atoms with Crippen LogP contribution in [0.2, 0.25) is 5.02 Å². The summed E-state index contributed by atoms with van der Waals surface area (Å²) < 4.78 is 4.83. The van der Waals surface area contributed by atoms with Crippen molar-refractivity contribution in [3.05, 3.63) is 63.2 Å². The number of nitrogens with zero attached hydrogens (tertiary/aromatic N) is 1. The van der Waals surface area contributed by atoms with Gasteiger partial charge in [0.05, 0.1) is 6.04 Å². The van der Waals surface area contributed by atoms with E-state index in [0.29, 0.717) is 13.1 Å². The predicted octanol–water partition coefficient (Wildman–Crippen LogP) is 5.71. The van der Waals surface area contributed by atoms with Gasteiger partial charge in [0.25, 0.3) is 0 Å². The van der Waals surface area contributed by atoms with Gasteiger partial charge in [0, 0.05) is 30.3 Å². The van der Waals surface area contributed by atoms with Gasteiger partial charge in [-0.25, -0.2) is 4.79 Å². The fourth-order valence-corrected chi connectivity index (χ4v) is 4.00. The van der Waals surface area contributed by atoms with Crippen molar-refractivity contribution in [1.29, 1.82) is 0 Å². The van der Waals surface area contributed by atoms with Crippen LogP contribution in [0.15, 0.2) is 30.3 Å². The molecule has 1 atom stereocenters. The highest BCUT2D eigenvalue weighted by atomic mass is 35.5. The van der Waals surface area contributed by atoms with Crippen LogP contribution in [0, 0.1) is 20.8 Å². The van der Waals surface area contributed by atoms with Crippen LogP contribution in [0.5, 0.6) is 0 Å². The molecule has 0 radical (unpaired) electrons. The van der Waals surface area contributed by atoms with E-state index in [9.17, 15) is 4.79 Å². The first-order valence-electron chi connectivity index (χ1n) is 10.0. The van der Waals surface area contributed by atoms with E-state index < -0.39 is 6.16 Å². The monoisotopic (exact) mass is 416 g/mol.